The minimum atomic E-state index is -0.133. The highest BCUT2D eigenvalue weighted by Crippen LogP contribution is 2.31. The Morgan fingerprint density at radius 1 is 1.12 bits per heavy atom. The summed E-state index contributed by atoms with van der Waals surface area (Å²) in [5.41, 5.74) is 1.70. The van der Waals surface area contributed by atoms with E-state index in [0.29, 0.717) is 23.6 Å². The molecule has 0 aliphatic carbocycles. The van der Waals surface area contributed by atoms with E-state index in [2.05, 4.69) is 27.9 Å². The molecule has 0 aromatic heterocycles. The van der Waals surface area contributed by atoms with Crippen LogP contribution in [-0.2, 0) is 6.42 Å². The fraction of sp³-hybridized carbons (Fsp3) is 0.278. The molecule has 6 heteroatoms. The second-order valence-corrected chi connectivity index (χ2v) is 6.38. The van der Waals surface area contributed by atoms with Crippen LogP contribution in [0.25, 0.3) is 0 Å². The number of carbonyl (C=O) groups excluding carboxylic acids is 1. The highest BCUT2D eigenvalue weighted by molar-refractivity contribution is 14.1. The summed E-state index contributed by atoms with van der Waals surface area (Å²) in [7, 11) is 3.11. The van der Waals surface area contributed by atoms with Crippen LogP contribution in [0.3, 0.4) is 0 Å². The molecule has 2 aromatic carbocycles. The molecule has 0 fully saturated rings. The lowest BCUT2D eigenvalue weighted by molar-refractivity contribution is 0.0952. The van der Waals surface area contributed by atoms with E-state index < -0.39 is 0 Å². The monoisotopic (exact) mass is 441 g/mol. The molecule has 0 saturated carbocycles. The summed E-state index contributed by atoms with van der Waals surface area (Å²) in [4.78, 5) is 12.3. The highest BCUT2D eigenvalue weighted by Gasteiger charge is 2.15. The van der Waals surface area contributed by atoms with Crippen molar-refractivity contribution in [3.63, 3.8) is 0 Å². The zero-order chi connectivity index (χ0) is 17.5. The minimum Gasteiger partial charge on any atom is -0.508 e. The van der Waals surface area contributed by atoms with Crippen LogP contribution in [0.15, 0.2) is 36.4 Å². The molecule has 24 heavy (non-hydrogen) atoms. The van der Waals surface area contributed by atoms with E-state index in [1.54, 1.807) is 38.5 Å². The first kappa shape index (κ1) is 18.4. The highest BCUT2D eigenvalue weighted by atomic mass is 127. The number of rotatable bonds is 7. The predicted octanol–water partition coefficient (Wildman–Crippen LogP) is 3.38. The van der Waals surface area contributed by atoms with E-state index in [-0.39, 0.29) is 11.7 Å². The molecule has 0 bridgehead atoms. The van der Waals surface area contributed by atoms with Gasteiger partial charge in [-0.3, -0.25) is 4.79 Å². The second kappa shape index (κ2) is 8.77. The number of phenols is 1. The van der Waals surface area contributed by atoms with Gasteiger partial charge in [-0.25, -0.2) is 0 Å². The molecule has 0 radical (unpaired) electrons. The number of aryl methyl sites for hydroxylation is 1. The first-order chi connectivity index (χ1) is 11.5. The van der Waals surface area contributed by atoms with Gasteiger partial charge in [-0.05, 0) is 65.3 Å². The molecule has 0 aliphatic rings. The van der Waals surface area contributed by atoms with Crippen molar-refractivity contribution in [2.24, 2.45) is 0 Å². The lowest BCUT2D eigenvalue weighted by Crippen LogP contribution is -2.25. The third kappa shape index (κ3) is 4.77. The third-order valence-electron chi connectivity index (χ3n) is 3.58. The molecule has 128 valence electrons. The van der Waals surface area contributed by atoms with Crippen molar-refractivity contribution in [3.8, 4) is 17.2 Å². The maximum absolute atomic E-state index is 12.3. The number of methoxy groups -OCH3 is 2. The van der Waals surface area contributed by atoms with Crippen LogP contribution >= 0.6 is 22.6 Å². The molecule has 0 atom stereocenters. The summed E-state index contributed by atoms with van der Waals surface area (Å²) in [6.07, 6.45) is 1.66. The molecular weight excluding hydrogens is 421 g/mol. The Hall–Kier alpha value is -1.96. The summed E-state index contributed by atoms with van der Waals surface area (Å²) >= 11 is 2.11. The number of hydrogen-bond donors (Lipinski definition) is 2. The molecule has 0 spiro atoms. The Labute approximate surface area is 155 Å². The van der Waals surface area contributed by atoms with Crippen LogP contribution in [0.5, 0.6) is 17.2 Å². The minimum absolute atomic E-state index is 0.133. The van der Waals surface area contributed by atoms with Crippen molar-refractivity contribution in [3.05, 3.63) is 51.1 Å². The molecular formula is C18H20INO4. The summed E-state index contributed by atoms with van der Waals surface area (Å²) in [5.74, 6) is 1.26. The maximum Gasteiger partial charge on any atom is 0.252 e. The third-order valence-corrected chi connectivity index (χ3v) is 4.47. The smallest absolute Gasteiger partial charge is 0.252 e. The maximum atomic E-state index is 12.3. The van der Waals surface area contributed by atoms with Crippen LogP contribution in [0.2, 0.25) is 0 Å². The van der Waals surface area contributed by atoms with Crippen molar-refractivity contribution < 1.29 is 19.4 Å². The van der Waals surface area contributed by atoms with Gasteiger partial charge < -0.3 is 19.9 Å². The van der Waals surface area contributed by atoms with Gasteiger partial charge in [0.15, 0.2) is 11.5 Å². The Balaban J connectivity index is 1.91. The molecule has 2 rings (SSSR count). The Morgan fingerprint density at radius 3 is 2.38 bits per heavy atom. The van der Waals surface area contributed by atoms with Crippen LogP contribution < -0.4 is 14.8 Å². The van der Waals surface area contributed by atoms with Gasteiger partial charge in [-0.1, -0.05) is 12.1 Å². The van der Waals surface area contributed by atoms with E-state index in [4.69, 9.17) is 9.47 Å². The standard InChI is InChI=1S/C18H20INO4/c1-23-16-10-14(15(19)11-17(16)24-2)18(22)20-9-3-4-12-5-7-13(21)8-6-12/h5-8,10-11,21H,3-4,9H2,1-2H3,(H,20,22). The number of halogens is 1. The summed E-state index contributed by atoms with van der Waals surface area (Å²) in [5, 5.41) is 12.2. The topological polar surface area (TPSA) is 67.8 Å². The molecule has 0 heterocycles. The van der Waals surface area contributed by atoms with Gasteiger partial charge in [0.05, 0.1) is 19.8 Å². The average molecular weight is 441 g/mol. The van der Waals surface area contributed by atoms with Crippen molar-refractivity contribution in [2.75, 3.05) is 20.8 Å². The molecule has 1 amide bonds. The van der Waals surface area contributed by atoms with Crippen molar-refractivity contribution in [2.45, 2.75) is 12.8 Å². The van der Waals surface area contributed by atoms with Crippen LogP contribution in [0.1, 0.15) is 22.3 Å². The van der Waals surface area contributed by atoms with Crippen molar-refractivity contribution in [1.82, 2.24) is 5.32 Å². The summed E-state index contributed by atoms with van der Waals surface area (Å²) < 4.78 is 11.3. The van der Waals surface area contributed by atoms with Gasteiger partial charge in [0, 0.05) is 10.1 Å². The molecule has 2 aromatic rings. The van der Waals surface area contributed by atoms with Crippen LogP contribution in [0.4, 0.5) is 0 Å². The molecule has 5 nitrogen and oxygen atoms in total. The number of amides is 1. The van der Waals surface area contributed by atoms with Gasteiger partial charge in [0.25, 0.3) is 5.91 Å². The number of benzene rings is 2. The fourth-order valence-corrected chi connectivity index (χ4v) is 2.96. The molecule has 0 aliphatic heterocycles. The van der Waals surface area contributed by atoms with E-state index in [9.17, 15) is 9.90 Å². The zero-order valence-corrected chi connectivity index (χ0v) is 15.8. The second-order valence-electron chi connectivity index (χ2n) is 5.21. The van der Waals surface area contributed by atoms with Crippen molar-refractivity contribution >= 4 is 28.5 Å². The van der Waals surface area contributed by atoms with E-state index >= 15 is 0 Å². The van der Waals surface area contributed by atoms with Gasteiger partial charge in [-0.2, -0.15) is 0 Å². The Morgan fingerprint density at radius 2 is 1.75 bits per heavy atom. The first-order valence-corrected chi connectivity index (χ1v) is 8.60. The average Bonchev–Trinajstić information content (AvgIpc) is 2.59. The van der Waals surface area contributed by atoms with Gasteiger partial charge >= 0.3 is 0 Å². The number of hydrogen-bond acceptors (Lipinski definition) is 4. The van der Waals surface area contributed by atoms with E-state index in [1.165, 1.54) is 0 Å². The zero-order valence-electron chi connectivity index (χ0n) is 13.6. The largest absolute Gasteiger partial charge is 0.508 e. The number of phenolic OH excluding ortho intramolecular Hbond substituents is 1. The SMILES string of the molecule is COc1cc(I)c(C(=O)NCCCc2ccc(O)cc2)cc1OC. The van der Waals surface area contributed by atoms with E-state index in [0.717, 1.165) is 22.0 Å². The lowest BCUT2D eigenvalue weighted by Gasteiger charge is -2.12. The number of aromatic hydroxyl groups is 1. The van der Waals surface area contributed by atoms with Gasteiger partial charge in [-0.15, -0.1) is 0 Å². The number of ether oxygens (including phenoxy) is 2. The predicted molar refractivity (Wildman–Crippen MR) is 101 cm³/mol. The fourth-order valence-electron chi connectivity index (χ4n) is 2.28. The Bertz CT molecular complexity index is 701. The lowest BCUT2D eigenvalue weighted by atomic mass is 10.1. The normalized spacial score (nSPS) is 10.3. The van der Waals surface area contributed by atoms with Gasteiger partial charge in [0.1, 0.15) is 5.75 Å². The van der Waals surface area contributed by atoms with Crippen LogP contribution in [-0.4, -0.2) is 31.8 Å². The number of carbonyl (C=O) groups is 1. The van der Waals surface area contributed by atoms with Crippen LogP contribution in [0, 0.1) is 3.57 Å². The summed E-state index contributed by atoms with van der Waals surface area (Å²) in [6, 6.07) is 10.6. The van der Waals surface area contributed by atoms with Crippen molar-refractivity contribution in [1.29, 1.82) is 0 Å². The van der Waals surface area contributed by atoms with E-state index in [1.807, 2.05) is 12.1 Å². The molecule has 0 saturated heterocycles. The molecule has 2 N–H and O–H groups in total. The first-order valence-electron chi connectivity index (χ1n) is 7.52. The quantitative estimate of drug-likeness (QED) is 0.511. The molecule has 0 unspecified atom stereocenters. The Kier molecular flexibility index (Phi) is 6.72. The van der Waals surface area contributed by atoms with Gasteiger partial charge in [0.2, 0.25) is 0 Å². The summed E-state index contributed by atoms with van der Waals surface area (Å²) in [6.45, 7) is 0.574. The number of nitrogens with one attached hydrogen (secondary N) is 1.